The molecular weight excluding hydrogens is 372 g/mol. The van der Waals surface area contributed by atoms with Gasteiger partial charge in [0.15, 0.2) is 0 Å². The van der Waals surface area contributed by atoms with Gasteiger partial charge in [-0.1, -0.05) is 36.4 Å². The van der Waals surface area contributed by atoms with Crippen LogP contribution < -0.4 is 0 Å². The summed E-state index contributed by atoms with van der Waals surface area (Å²) in [5.74, 6) is 0.208. The Kier molecular flexibility index (Phi) is 6.21. The maximum Gasteiger partial charge on any atom is 0.226 e. The zero-order valence-electron chi connectivity index (χ0n) is 18.2. The van der Waals surface area contributed by atoms with Gasteiger partial charge in [-0.05, 0) is 71.9 Å². The number of carbonyl (C=O) groups excluding carboxylic acids is 2. The van der Waals surface area contributed by atoms with E-state index in [1.54, 1.807) is 9.80 Å². The van der Waals surface area contributed by atoms with Crippen molar-refractivity contribution in [1.82, 2.24) is 9.80 Å². The number of benzene rings is 2. The molecule has 2 aromatic rings. The number of hydrogen-bond donors (Lipinski definition) is 0. The van der Waals surface area contributed by atoms with Crippen LogP contribution in [0.4, 0.5) is 0 Å². The Balaban J connectivity index is 1.25. The largest absolute Gasteiger partial charge is 0.344 e. The summed E-state index contributed by atoms with van der Waals surface area (Å²) in [6.07, 6.45) is 7.88. The molecule has 4 nitrogen and oxygen atoms in total. The van der Waals surface area contributed by atoms with Crippen LogP contribution >= 0.6 is 0 Å². The van der Waals surface area contributed by atoms with Crippen LogP contribution in [-0.2, 0) is 48.1 Å². The number of carbonyl (C=O) groups is 2. The molecule has 2 amide bonds. The molecule has 0 radical (unpaired) electrons. The van der Waals surface area contributed by atoms with Crippen molar-refractivity contribution in [3.8, 4) is 0 Å². The highest BCUT2D eigenvalue weighted by Gasteiger charge is 2.17. The van der Waals surface area contributed by atoms with Gasteiger partial charge in [-0.2, -0.15) is 0 Å². The smallest absolute Gasteiger partial charge is 0.226 e. The van der Waals surface area contributed by atoms with Gasteiger partial charge in [0.05, 0.1) is 12.8 Å². The fourth-order valence-electron chi connectivity index (χ4n) is 4.64. The van der Waals surface area contributed by atoms with Crippen LogP contribution in [0.5, 0.6) is 0 Å². The van der Waals surface area contributed by atoms with Gasteiger partial charge >= 0.3 is 0 Å². The minimum atomic E-state index is 0.104. The number of rotatable bonds is 7. The summed E-state index contributed by atoms with van der Waals surface area (Å²) >= 11 is 0. The van der Waals surface area contributed by atoms with Crippen LogP contribution in [0.3, 0.4) is 0 Å². The molecule has 2 aromatic carbocycles. The number of hydrogen-bond acceptors (Lipinski definition) is 2. The molecule has 0 unspecified atom stereocenters. The molecule has 0 bridgehead atoms. The summed E-state index contributed by atoms with van der Waals surface area (Å²) in [5.41, 5.74) is 7.85. The molecule has 0 aromatic heterocycles. The molecule has 0 fully saturated rings. The lowest BCUT2D eigenvalue weighted by Gasteiger charge is -2.23. The lowest BCUT2D eigenvalue weighted by molar-refractivity contribution is -0.132. The molecule has 0 spiro atoms. The fourth-order valence-corrected chi connectivity index (χ4v) is 4.64. The molecule has 0 atom stereocenters. The summed E-state index contributed by atoms with van der Waals surface area (Å²) in [7, 11) is 3.66. The monoisotopic (exact) mass is 404 g/mol. The van der Waals surface area contributed by atoms with Gasteiger partial charge in [-0.3, -0.25) is 9.59 Å². The number of likely N-dealkylation sites (N-methyl/N-ethyl adjacent to an activating group) is 2. The summed E-state index contributed by atoms with van der Waals surface area (Å²) in [6.45, 7) is 1.10. The van der Waals surface area contributed by atoms with Gasteiger partial charge in [-0.25, -0.2) is 0 Å². The molecule has 0 heterocycles. The Morgan fingerprint density at radius 3 is 1.50 bits per heavy atom. The number of fused-ring (bicyclic) bond motifs is 2. The van der Waals surface area contributed by atoms with Gasteiger partial charge < -0.3 is 9.80 Å². The van der Waals surface area contributed by atoms with Crippen LogP contribution in [0, 0.1) is 0 Å². The molecule has 2 aliphatic rings. The second-order valence-electron chi connectivity index (χ2n) is 8.90. The third-order valence-corrected chi connectivity index (χ3v) is 6.66. The van der Waals surface area contributed by atoms with E-state index in [-0.39, 0.29) is 11.8 Å². The van der Waals surface area contributed by atoms with Crippen LogP contribution in [0.2, 0.25) is 0 Å². The predicted octanol–water partition coefficient (Wildman–Crippen LogP) is 3.37. The van der Waals surface area contributed by atoms with Crippen LogP contribution in [0.25, 0.3) is 0 Å². The molecule has 2 aliphatic carbocycles. The quantitative estimate of drug-likeness (QED) is 0.710. The zero-order chi connectivity index (χ0) is 21.1. The van der Waals surface area contributed by atoms with E-state index in [2.05, 4.69) is 36.4 Å². The van der Waals surface area contributed by atoms with Crippen molar-refractivity contribution < 1.29 is 9.59 Å². The molecule has 0 aliphatic heterocycles. The molecule has 0 N–H and O–H groups in total. The average Bonchev–Trinajstić information content (AvgIpc) is 3.39. The van der Waals surface area contributed by atoms with Crippen molar-refractivity contribution in [2.24, 2.45) is 0 Å². The third-order valence-electron chi connectivity index (χ3n) is 6.66. The molecule has 0 saturated heterocycles. The lowest BCUT2D eigenvalue weighted by atomic mass is 10.0. The first-order valence-corrected chi connectivity index (χ1v) is 11.2. The van der Waals surface area contributed by atoms with E-state index in [9.17, 15) is 9.59 Å². The van der Waals surface area contributed by atoms with Gasteiger partial charge in [0.2, 0.25) is 11.8 Å². The van der Waals surface area contributed by atoms with E-state index in [1.165, 1.54) is 35.1 Å². The maximum absolute atomic E-state index is 12.6. The summed E-state index contributed by atoms with van der Waals surface area (Å²) < 4.78 is 0. The Hall–Kier alpha value is -2.62. The molecule has 0 saturated carbocycles. The third kappa shape index (κ3) is 4.75. The first-order chi connectivity index (χ1) is 14.5. The van der Waals surface area contributed by atoms with Crippen molar-refractivity contribution in [2.45, 2.75) is 51.4 Å². The number of nitrogens with zero attached hydrogens (tertiary/aromatic N) is 2. The number of aryl methyl sites for hydroxylation is 4. The minimum Gasteiger partial charge on any atom is -0.344 e. The van der Waals surface area contributed by atoms with Gasteiger partial charge in [0.25, 0.3) is 0 Å². The van der Waals surface area contributed by atoms with Gasteiger partial charge in [0, 0.05) is 27.2 Å². The van der Waals surface area contributed by atoms with Crippen LogP contribution in [0.1, 0.15) is 46.2 Å². The molecule has 158 valence electrons. The number of amides is 2. The highest BCUT2D eigenvalue weighted by Crippen LogP contribution is 2.24. The van der Waals surface area contributed by atoms with E-state index >= 15 is 0 Å². The van der Waals surface area contributed by atoms with Gasteiger partial charge in [-0.15, -0.1) is 0 Å². The van der Waals surface area contributed by atoms with Crippen molar-refractivity contribution in [1.29, 1.82) is 0 Å². The predicted molar refractivity (Wildman–Crippen MR) is 120 cm³/mol. The second-order valence-corrected chi connectivity index (χ2v) is 8.90. The minimum absolute atomic E-state index is 0.104. The molecule has 4 heteroatoms. The first kappa shape index (κ1) is 20.6. The van der Waals surface area contributed by atoms with E-state index < -0.39 is 0 Å². The van der Waals surface area contributed by atoms with E-state index in [0.717, 1.165) is 36.8 Å². The molecular formula is C26H32N2O2. The maximum atomic E-state index is 12.6. The standard InChI is InChI=1S/C26H32N2O2/c1-27(25(29)17-19-9-11-21-5-3-7-23(21)15-19)13-14-28(2)26(30)18-20-10-12-22-6-4-8-24(22)16-20/h9-12,15-16H,3-8,13-14,17-18H2,1-2H3. The summed E-state index contributed by atoms with van der Waals surface area (Å²) in [5, 5.41) is 0. The SMILES string of the molecule is CN(CCN(C)C(=O)Cc1ccc2c(c1)CCC2)C(=O)Cc1ccc2c(c1)CCC2. The highest BCUT2D eigenvalue weighted by atomic mass is 16.2. The van der Waals surface area contributed by atoms with Crippen LogP contribution in [-0.4, -0.2) is 48.8 Å². The summed E-state index contributed by atoms with van der Waals surface area (Å²) in [6, 6.07) is 12.9. The van der Waals surface area contributed by atoms with E-state index in [4.69, 9.17) is 0 Å². The lowest BCUT2D eigenvalue weighted by Crippen LogP contribution is -2.38. The van der Waals surface area contributed by atoms with E-state index in [1.807, 2.05) is 14.1 Å². The molecule has 30 heavy (non-hydrogen) atoms. The Bertz CT molecular complexity index is 873. The van der Waals surface area contributed by atoms with Crippen LogP contribution in [0.15, 0.2) is 36.4 Å². The van der Waals surface area contributed by atoms with Gasteiger partial charge in [0.1, 0.15) is 0 Å². The Labute approximate surface area is 179 Å². The van der Waals surface area contributed by atoms with Crippen molar-refractivity contribution >= 4 is 11.8 Å². The Morgan fingerprint density at radius 1 is 0.667 bits per heavy atom. The highest BCUT2D eigenvalue weighted by molar-refractivity contribution is 5.80. The van der Waals surface area contributed by atoms with E-state index in [0.29, 0.717) is 25.9 Å². The van der Waals surface area contributed by atoms with Crippen molar-refractivity contribution in [3.05, 3.63) is 69.8 Å². The van der Waals surface area contributed by atoms with Crippen molar-refractivity contribution in [3.63, 3.8) is 0 Å². The molecule has 4 rings (SSSR count). The summed E-state index contributed by atoms with van der Waals surface area (Å²) in [4.78, 5) is 28.7. The average molecular weight is 405 g/mol. The topological polar surface area (TPSA) is 40.6 Å². The normalized spacial score (nSPS) is 14.3. The first-order valence-electron chi connectivity index (χ1n) is 11.2. The fraction of sp³-hybridized carbons (Fsp3) is 0.462. The second kappa shape index (κ2) is 9.03. The van der Waals surface area contributed by atoms with Crippen molar-refractivity contribution in [2.75, 3.05) is 27.2 Å². The Morgan fingerprint density at radius 2 is 1.07 bits per heavy atom. The zero-order valence-corrected chi connectivity index (χ0v) is 18.2.